The third kappa shape index (κ3) is 2.63. The lowest BCUT2D eigenvalue weighted by Crippen LogP contribution is -2.63. The lowest BCUT2D eigenvalue weighted by molar-refractivity contribution is -0.155. The summed E-state index contributed by atoms with van der Waals surface area (Å²) in [6.45, 7) is 8.41. The minimum atomic E-state index is -0.719. The SMILES string of the molecule is CC1=C(CO)C(=O)O[C@@H]([C@@H](C)[C@@H]2CC[C@H]3[C@@H]4C[C@H]5O[C@]56[C@@H](O)C=CC(=O)[C@]6(C)[C@H]4CC[C@]23C)C1. The van der Waals surface area contributed by atoms with Gasteiger partial charge in [-0.1, -0.05) is 19.4 Å². The summed E-state index contributed by atoms with van der Waals surface area (Å²) in [4.78, 5) is 25.8. The fourth-order valence-corrected chi connectivity index (χ4v) is 9.69. The maximum atomic E-state index is 13.3. The van der Waals surface area contributed by atoms with E-state index in [2.05, 4.69) is 20.8 Å². The van der Waals surface area contributed by atoms with E-state index in [1.165, 1.54) is 0 Å². The van der Waals surface area contributed by atoms with Crippen molar-refractivity contribution in [3.63, 3.8) is 0 Å². The molecule has 6 rings (SSSR count). The summed E-state index contributed by atoms with van der Waals surface area (Å²) >= 11 is 0. The first kappa shape index (κ1) is 22.9. The van der Waals surface area contributed by atoms with Crippen molar-refractivity contribution in [3.05, 3.63) is 23.3 Å². The van der Waals surface area contributed by atoms with Gasteiger partial charge in [0.1, 0.15) is 17.8 Å². The molecule has 1 spiro atoms. The number of cyclic esters (lactones) is 1. The van der Waals surface area contributed by atoms with Crippen LogP contribution in [-0.2, 0) is 19.1 Å². The number of aliphatic hydroxyl groups is 2. The van der Waals surface area contributed by atoms with Crippen molar-refractivity contribution in [1.29, 1.82) is 0 Å². The molecular weight excluding hydrogens is 432 g/mol. The average molecular weight is 471 g/mol. The molecule has 0 aromatic carbocycles. The van der Waals surface area contributed by atoms with Crippen LogP contribution in [0.3, 0.4) is 0 Å². The summed E-state index contributed by atoms with van der Waals surface area (Å²) in [5.74, 6) is 1.61. The van der Waals surface area contributed by atoms with Gasteiger partial charge in [0.2, 0.25) is 0 Å². The number of carbonyl (C=O) groups excluding carboxylic acids is 2. The van der Waals surface area contributed by atoms with Gasteiger partial charge in [-0.05, 0) is 93.1 Å². The first-order valence-electron chi connectivity index (χ1n) is 13.2. The summed E-state index contributed by atoms with van der Waals surface area (Å²) in [5, 5.41) is 20.4. The van der Waals surface area contributed by atoms with Crippen molar-refractivity contribution in [3.8, 4) is 0 Å². The molecule has 0 amide bonds. The standard InChI is InChI=1S/C28H38O6/c1-14-11-21(33-25(32)17(14)13-29)15(2)18-5-6-19-16-12-24-28(34-24)23(31)8-7-22(30)27(28,4)20(16)9-10-26(18,19)3/h7-8,15-16,18-21,23-24,29,31H,5-6,9-13H2,1-4H3/t15-,16-,18-,19-,20-,21+,23-,24+,26+,27-,28+/m0/s1. The number of epoxide rings is 1. The van der Waals surface area contributed by atoms with Crippen LogP contribution in [0, 0.1) is 40.4 Å². The van der Waals surface area contributed by atoms with Gasteiger partial charge in [-0.2, -0.15) is 0 Å². The molecule has 34 heavy (non-hydrogen) atoms. The molecule has 4 aliphatic carbocycles. The molecule has 6 heteroatoms. The van der Waals surface area contributed by atoms with Gasteiger partial charge in [-0.25, -0.2) is 4.79 Å². The number of allylic oxidation sites excluding steroid dienone is 1. The molecule has 6 nitrogen and oxygen atoms in total. The Hall–Kier alpha value is -1.50. The maximum absolute atomic E-state index is 13.3. The first-order chi connectivity index (χ1) is 16.1. The number of hydrogen-bond acceptors (Lipinski definition) is 6. The molecule has 2 heterocycles. The van der Waals surface area contributed by atoms with Crippen LogP contribution in [0.15, 0.2) is 23.3 Å². The summed E-state index contributed by atoms with van der Waals surface area (Å²) in [6.07, 6.45) is 8.23. The molecule has 0 aromatic rings. The van der Waals surface area contributed by atoms with Crippen LogP contribution in [0.25, 0.3) is 0 Å². The fourth-order valence-electron chi connectivity index (χ4n) is 9.69. The summed E-state index contributed by atoms with van der Waals surface area (Å²) in [6, 6.07) is 0. The lowest BCUT2D eigenvalue weighted by atomic mass is 9.44. The van der Waals surface area contributed by atoms with E-state index in [4.69, 9.17) is 9.47 Å². The minimum absolute atomic E-state index is 0.0366. The molecule has 186 valence electrons. The monoisotopic (exact) mass is 470 g/mol. The Balaban J connectivity index is 1.27. The summed E-state index contributed by atoms with van der Waals surface area (Å²) in [7, 11) is 0. The molecule has 0 radical (unpaired) electrons. The molecule has 1 saturated heterocycles. The Kier molecular flexibility index (Phi) is 4.90. The van der Waals surface area contributed by atoms with E-state index in [1.807, 2.05) is 6.92 Å². The van der Waals surface area contributed by atoms with Crippen LogP contribution >= 0.6 is 0 Å². The molecule has 2 aliphatic heterocycles. The number of esters is 1. The number of ether oxygens (including phenoxy) is 2. The molecule has 4 fully saturated rings. The van der Waals surface area contributed by atoms with Gasteiger partial charge in [-0.3, -0.25) is 4.79 Å². The van der Waals surface area contributed by atoms with Crippen LogP contribution in [0.4, 0.5) is 0 Å². The van der Waals surface area contributed by atoms with Crippen molar-refractivity contribution < 1.29 is 29.3 Å². The maximum Gasteiger partial charge on any atom is 0.336 e. The highest BCUT2D eigenvalue weighted by Crippen LogP contribution is 2.73. The van der Waals surface area contributed by atoms with Crippen LogP contribution in [0.5, 0.6) is 0 Å². The molecule has 2 N–H and O–H groups in total. The van der Waals surface area contributed by atoms with Crippen molar-refractivity contribution in [1.82, 2.24) is 0 Å². The average Bonchev–Trinajstić information content (AvgIpc) is 3.43. The predicted molar refractivity (Wildman–Crippen MR) is 124 cm³/mol. The topological polar surface area (TPSA) is 96.4 Å². The molecule has 3 saturated carbocycles. The highest BCUT2D eigenvalue weighted by atomic mass is 16.6. The van der Waals surface area contributed by atoms with Crippen LogP contribution < -0.4 is 0 Å². The predicted octanol–water partition coefficient (Wildman–Crippen LogP) is 3.35. The highest BCUT2D eigenvalue weighted by Gasteiger charge is 2.80. The third-order valence-electron chi connectivity index (χ3n) is 11.6. The smallest absolute Gasteiger partial charge is 0.336 e. The second-order valence-electron chi connectivity index (χ2n) is 12.5. The Morgan fingerprint density at radius 3 is 2.65 bits per heavy atom. The number of fused-ring (bicyclic) bond motifs is 4. The highest BCUT2D eigenvalue weighted by molar-refractivity contribution is 5.98. The van der Waals surface area contributed by atoms with Gasteiger partial charge in [0.25, 0.3) is 0 Å². The number of aliphatic hydroxyl groups excluding tert-OH is 2. The van der Waals surface area contributed by atoms with E-state index < -0.39 is 17.1 Å². The Morgan fingerprint density at radius 2 is 1.94 bits per heavy atom. The number of hydrogen-bond donors (Lipinski definition) is 2. The quantitative estimate of drug-likeness (QED) is 0.485. The van der Waals surface area contributed by atoms with Crippen molar-refractivity contribution >= 4 is 11.8 Å². The van der Waals surface area contributed by atoms with E-state index in [9.17, 15) is 19.8 Å². The van der Waals surface area contributed by atoms with E-state index in [1.54, 1.807) is 12.2 Å². The Labute approximate surface area is 201 Å². The van der Waals surface area contributed by atoms with E-state index >= 15 is 0 Å². The molecule has 0 bridgehead atoms. The van der Waals surface area contributed by atoms with E-state index in [0.717, 1.165) is 37.7 Å². The van der Waals surface area contributed by atoms with Crippen molar-refractivity contribution in [2.75, 3.05) is 6.61 Å². The van der Waals surface area contributed by atoms with E-state index in [0.29, 0.717) is 29.7 Å². The fraction of sp³-hybridized carbons (Fsp3) is 0.786. The second kappa shape index (κ2) is 7.27. The van der Waals surface area contributed by atoms with Crippen molar-refractivity contribution in [2.24, 2.45) is 40.4 Å². The number of rotatable bonds is 3. The van der Waals surface area contributed by atoms with E-state index in [-0.39, 0.29) is 47.8 Å². The van der Waals surface area contributed by atoms with Crippen LogP contribution in [0.1, 0.15) is 66.2 Å². The van der Waals surface area contributed by atoms with Crippen molar-refractivity contribution in [2.45, 2.75) is 90.1 Å². The van der Waals surface area contributed by atoms with Gasteiger partial charge >= 0.3 is 5.97 Å². The third-order valence-corrected chi connectivity index (χ3v) is 11.6. The molecule has 0 aromatic heterocycles. The van der Waals surface area contributed by atoms with Gasteiger partial charge < -0.3 is 19.7 Å². The van der Waals surface area contributed by atoms with Gasteiger partial charge in [-0.15, -0.1) is 0 Å². The number of carbonyl (C=O) groups is 2. The lowest BCUT2D eigenvalue weighted by Gasteiger charge is -2.58. The van der Waals surface area contributed by atoms with Gasteiger partial charge in [0, 0.05) is 6.42 Å². The number of ketones is 1. The second-order valence-corrected chi connectivity index (χ2v) is 12.5. The molecule has 11 atom stereocenters. The largest absolute Gasteiger partial charge is 0.458 e. The molecule has 0 unspecified atom stereocenters. The zero-order valence-electron chi connectivity index (χ0n) is 20.8. The zero-order valence-corrected chi connectivity index (χ0v) is 20.8. The van der Waals surface area contributed by atoms with Crippen LogP contribution in [0.2, 0.25) is 0 Å². The minimum Gasteiger partial charge on any atom is -0.458 e. The first-order valence-corrected chi connectivity index (χ1v) is 13.2. The van der Waals surface area contributed by atoms with Gasteiger partial charge in [0.05, 0.1) is 23.7 Å². The Morgan fingerprint density at radius 1 is 1.18 bits per heavy atom. The summed E-state index contributed by atoms with van der Waals surface area (Å²) in [5.41, 5.74) is 0.129. The van der Waals surface area contributed by atoms with Gasteiger partial charge in [0.15, 0.2) is 5.78 Å². The molecular formula is C28H38O6. The summed E-state index contributed by atoms with van der Waals surface area (Å²) < 4.78 is 12.1. The Bertz CT molecular complexity index is 999. The zero-order chi connectivity index (χ0) is 24.2. The normalized spacial score (nSPS) is 52.4. The van der Waals surface area contributed by atoms with Crippen LogP contribution in [-0.4, -0.2) is 52.5 Å². The molecule has 6 aliphatic rings.